The molecule has 0 aliphatic carbocycles. The van der Waals surface area contributed by atoms with Crippen LogP contribution in [0.25, 0.3) is 0 Å². The highest BCUT2D eigenvalue weighted by Gasteiger charge is 2.39. The number of nitrogens with two attached hydrogens (primary N) is 1. The Kier molecular flexibility index (Phi) is 3.74. The molecule has 0 unspecified atom stereocenters. The molecule has 2 N–H and O–H groups in total. The van der Waals surface area contributed by atoms with Gasteiger partial charge in [0, 0.05) is 5.56 Å². The SMILES string of the molecule is [2H]C([2H])(c1ccccc1)S(=O)(=O)OC1=C(N)O[C@@]([2H])(c2ccc(C)c(F)c2)C1=O. The van der Waals surface area contributed by atoms with Gasteiger partial charge in [-0.15, -0.1) is 0 Å². The van der Waals surface area contributed by atoms with Gasteiger partial charge in [0.05, 0.1) is 4.11 Å². The topological polar surface area (TPSA) is 95.7 Å². The largest absolute Gasteiger partial charge is 0.460 e. The quantitative estimate of drug-likeness (QED) is 0.801. The van der Waals surface area contributed by atoms with Crippen LogP contribution in [-0.2, 0) is 29.5 Å². The first-order valence-corrected chi connectivity index (χ1v) is 8.81. The Morgan fingerprint density at radius 1 is 1.31 bits per heavy atom. The second-order valence-corrected chi connectivity index (χ2v) is 6.70. The van der Waals surface area contributed by atoms with E-state index in [1.165, 1.54) is 43.3 Å². The predicted molar refractivity (Wildman–Crippen MR) is 91.3 cm³/mol. The lowest BCUT2D eigenvalue weighted by Crippen LogP contribution is -2.16. The summed E-state index contributed by atoms with van der Waals surface area (Å²) in [6, 6.07) is 10.4. The Labute approximate surface area is 154 Å². The summed E-state index contributed by atoms with van der Waals surface area (Å²) in [6.45, 7) is 1.48. The third kappa shape index (κ3) is 3.70. The Morgan fingerprint density at radius 2 is 2.00 bits per heavy atom. The van der Waals surface area contributed by atoms with Crippen molar-refractivity contribution in [2.45, 2.75) is 18.7 Å². The van der Waals surface area contributed by atoms with Gasteiger partial charge in [-0.1, -0.05) is 42.5 Å². The van der Waals surface area contributed by atoms with Gasteiger partial charge in [-0.25, -0.2) is 4.39 Å². The van der Waals surface area contributed by atoms with Gasteiger partial charge in [-0.05, 0) is 24.1 Å². The first kappa shape index (κ1) is 14.3. The van der Waals surface area contributed by atoms with Crippen LogP contribution in [-0.4, -0.2) is 14.2 Å². The number of benzene rings is 2. The number of rotatable bonds is 5. The first-order chi connectivity index (χ1) is 13.4. The van der Waals surface area contributed by atoms with Crippen molar-refractivity contribution >= 4 is 15.9 Å². The van der Waals surface area contributed by atoms with E-state index < -0.39 is 45.1 Å². The van der Waals surface area contributed by atoms with E-state index in [-0.39, 0.29) is 16.7 Å². The van der Waals surface area contributed by atoms with Crippen molar-refractivity contribution in [1.82, 2.24) is 0 Å². The van der Waals surface area contributed by atoms with Crippen LogP contribution >= 0.6 is 0 Å². The van der Waals surface area contributed by atoms with Crippen molar-refractivity contribution in [2.75, 3.05) is 0 Å². The maximum atomic E-state index is 13.9. The molecular weight excluding hydrogens is 361 g/mol. The molecule has 0 saturated carbocycles. The van der Waals surface area contributed by atoms with Crippen LogP contribution in [0.3, 0.4) is 0 Å². The summed E-state index contributed by atoms with van der Waals surface area (Å²) < 4.78 is 72.7. The Bertz CT molecular complexity index is 1120. The van der Waals surface area contributed by atoms with Crippen LogP contribution in [0.1, 0.15) is 26.9 Å². The van der Waals surface area contributed by atoms with E-state index in [0.29, 0.717) is 0 Å². The molecule has 0 aromatic heterocycles. The van der Waals surface area contributed by atoms with Crippen LogP contribution in [0, 0.1) is 12.7 Å². The zero-order chi connectivity index (χ0) is 21.6. The number of hydrogen-bond acceptors (Lipinski definition) is 6. The maximum absolute atomic E-state index is 13.9. The Hall–Kier alpha value is -2.87. The highest BCUT2D eigenvalue weighted by atomic mass is 32.2. The number of carbonyl (C=O) groups is 1. The van der Waals surface area contributed by atoms with E-state index in [0.717, 1.165) is 6.07 Å². The molecule has 136 valence electrons. The molecule has 26 heavy (non-hydrogen) atoms. The van der Waals surface area contributed by atoms with Crippen LogP contribution < -0.4 is 5.73 Å². The van der Waals surface area contributed by atoms with Crippen LogP contribution in [0.2, 0.25) is 0 Å². The summed E-state index contributed by atoms with van der Waals surface area (Å²) in [7, 11) is -5.07. The van der Waals surface area contributed by atoms with E-state index in [9.17, 15) is 17.6 Å². The summed E-state index contributed by atoms with van der Waals surface area (Å²) in [5.74, 6) is -3.86. The lowest BCUT2D eigenvalue weighted by molar-refractivity contribution is -0.123. The van der Waals surface area contributed by atoms with Crippen LogP contribution in [0.4, 0.5) is 4.39 Å². The van der Waals surface area contributed by atoms with Crippen molar-refractivity contribution in [1.29, 1.82) is 0 Å². The average molecular weight is 380 g/mol. The molecule has 1 aliphatic rings. The van der Waals surface area contributed by atoms with Gasteiger partial charge in [-0.2, -0.15) is 8.42 Å². The van der Waals surface area contributed by atoms with Gasteiger partial charge in [-0.3, -0.25) is 4.79 Å². The monoisotopic (exact) mass is 380 g/mol. The van der Waals surface area contributed by atoms with Gasteiger partial charge in [0.25, 0.3) is 0 Å². The van der Waals surface area contributed by atoms with Crippen molar-refractivity contribution in [3.8, 4) is 0 Å². The summed E-state index contributed by atoms with van der Waals surface area (Å²) in [5.41, 5.74) is 2.33. The van der Waals surface area contributed by atoms with Crippen molar-refractivity contribution in [3.05, 3.63) is 82.7 Å². The van der Waals surface area contributed by atoms with Gasteiger partial charge in [0.2, 0.25) is 17.4 Å². The predicted octanol–water partition coefficient (Wildman–Crippen LogP) is 2.45. The second kappa shape index (κ2) is 6.80. The summed E-state index contributed by atoms with van der Waals surface area (Å²) in [5, 5.41) is 0. The number of aryl methyl sites for hydroxylation is 1. The van der Waals surface area contributed by atoms with E-state index in [1.54, 1.807) is 6.07 Å². The Balaban J connectivity index is 1.95. The molecule has 2 aromatic rings. The molecule has 0 radical (unpaired) electrons. The molecule has 2 aromatic carbocycles. The molecule has 0 spiro atoms. The number of ketones is 1. The number of hydrogen-bond donors (Lipinski definition) is 1. The molecule has 3 rings (SSSR count). The molecule has 0 bridgehead atoms. The fourth-order valence-corrected chi connectivity index (χ4v) is 3.05. The zero-order valence-corrected chi connectivity index (χ0v) is 14.3. The minimum atomic E-state index is -5.07. The molecule has 0 amide bonds. The first-order valence-electron chi connectivity index (χ1n) is 8.90. The lowest BCUT2D eigenvalue weighted by atomic mass is 10.0. The number of carbonyl (C=O) groups excluding carboxylic acids is 1. The molecule has 0 saturated heterocycles. The van der Waals surface area contributed by atoms with Crippen LogP contribution in [0.15, 0.2) is 60.2 Å². The van der Waals surface area contributed by atoms with Crippen LogP contribution in [0.5, 0.6) is 0 Å². The van der Waals surface area contributed by atoms with Gasteiger partial charge >= 0.3 is 10.1 Å². The standard InChI is InChI=1S/C18H16FNO5S/c1-11-7-8-13(9-14(11)19)16-15(21)17(18(20)24-16)25-26(22,23)10-12-5-3-2-4-6-12/h2-9,16H,10,20H2,1H3/t16-/m0/s1/i10D2,16D. The molecule has 1 aliphatic heterocycles. The minimum absolute atomic E-state index is 0.226. The third-order valence-corrected chi connectivity index (χ3v) is 4.36. The molecule has 1 atom stereocenters. The molecule has 1 heterocycles. The van der Waals surface area contributed by atoms with Gasteiger partial charge in [0.1, 0.15) is 11.5 Å². The summed E-state index contributed by atoms with van der Waals surface area (Å²) in [4.78, 5) is 12.7. The fraction of sp³-hybridized carbons (Fsp3) is 0.167. The summed E-state index contributed by atoms with van der Waals surface area (Å²) in [6.07, 6.45) is -2.57. The van der Waals surface area contributed by atoms with E-state index in [2.05, 4.69) is 4.18 Å². The van der Waals surface area contributed by atoms with Crippen molar-refractivity contribution in [2.24, 2.45) is 5.73 Å². The summed E-state index contributed by atoms with van der Waals surface area (Å²) >= 11 is 0. The van der Waals surface area contributed by atoms with E-state index in [1.807, 2.05) is 0 Å². The average Bonchev–Trinajstić information content (AvgIpc) is 2.88. The number of Topliss-reactive ketones (excluding diaryl/α,β-unsaturated/α-hetero) is 1. The fourth-order valence-electron chi connectivity index (χ4n) is 2.20. The van der Waals surface area contributed by atoms with E-state index >= 15 is 0 Å². The maximum Gasteiger partial charge on any atom is 0.313 e. The van der Waals surface area contributed by atoms with Gasteiger partial charge < -0.3 is 14.7 Å². The zero-order valence-electron chi connectivity index (χ0n) is 16.5. The third-order valence-electron chi connectivity index (χ3n) is 3.49. The van der Waals surface area contributed by atoms with Crippen molar-refractivity contribution < 1.29 is 30.6 Å². The smallest absolute Gasteiger partial charge is 0.313 e. The molecule has 8 heteroatoms. The normalized spacial score (nSPS) is 22.4. The van der Waals surface area contributed by atoms with Gasteiger partial charge in [0.15, 0.2) is 6.08 Å². The molecular formula is C18H16FNO5S. The Morgan fingerprint density at radius 3 is 2.65 bits per heavy atom. The number of ether oxygens (including phenoxy) is 1. The van der Waals surface area contributed by atoms with Crippen molar-refractivity contribution in [3.63, 3.8) is 0 Å². The minimum Gasteiger partial charge on any atom is -0.460 e. The highest BCUT2D eigenvalue weighted by Crippen LogP contribution is 2.33. The van der Waals surface area contributed by atoms with E-state index in [4.69, 9.17) is 14.6 Å². The highest BCUT2D eigenvalue weighted by molar-refractivity contribution is 7.86. The second-order valence-electron chi connectivity index (χ2n) is 5.42. The number of halogens is 1. The lowest BCUT2D eigenvalue weighted by Gasteiger charge is -2.10. The molecule has 0 fully saturated rings. The molecule has 6 nitrogen and oxygen atoms in total.